The minimum Gasteiger partial charge on any atom is -0.444 e. The van der Waals surface area contributed by atoms with E-state index in [-0.39, 0.29) is 12.0 Å². The maximum atomic E-state index is 12.3. The Labute approximate surface area is 125 Å². The monoisotopic (exact) mass is 290 g/mol. The van der Waals surface area contributed by atoms with E-state index in [0.717, 1.165) is 11.3 Å². The number of ether oxygens (including phenoxy) is 1. The van der Waals surface area contributed by atoms with Gasteiger partial charge in [0.2, 0.25) is 5.91 Å². The molecule has 1 aliphatic rings. The predicted molar refractivity (Wildman–Crippen MR) is 81.1 cm³/mol. The molecule has 0 saturated carbocycles. The minimum atomic E-state index is -0.525. The molecule has 0 radical (unpaired) electrons. The molecular formula is C16H22N2O3. The van der Waals surface area contributed by atoms with Crippen molar-refractivity contribution in [2.75, 3.05) is 18.0 Å². The van der Waals surface area contributed by atoms with Gasteiger partial charge in [-0.15, -0.1) is 0 Å². The molecule has 21 heavy (non-hydrogen) atoms. The molecule has 0 N–H and O–H groups in total. The summed E-state index contributed by atoms with van der Waals surface area (Å²) in [6.07, 6.45) is -0.345. The highest BCUT2D eigenvalue weighted by atomic mass is 16.6. The highest BCUT2D eigenvalue weighted by molar-refractivity contribution is 5.92. The summed E-state index contributed by atoms with van der Waals surface area (Å²) in [5.74, 6) is -0.0199. The molecule has 5 nitrogen and oxygen atoms in total. The maximum Gasteiger partial charge on any atom is 0.410 e. The lowest BCUT2D eigenvalue weighted by Gasteiger charge is -2.26. The van der Waals surface area contributed by atoms with Crippen LogP contribution in [0, 0.1) is 0 Å². The third-order valence-corrected chi connectivity index (χ3v) is 3.27. The normalized spacial score (nSPS) is 15.2. The van der Waals surface area contributed by atoms with Gasteiger partial charge in [-0.3, -0.25) is 4.79 Å². The molecule has 1 aliphatic heterocycles. The predicted octanol–water partition coefficient (Wildman–Crippen LogP) is 2.79. The van der Waals surface area contributed by atoms with Crippen LogP contribution in [0.3, 0.4) is 0 Å². The van der Waals surface area contributed by atoms with Crippen LogP contribution in [0.25, 0.3) is 0 Å². The number of para-hydroxylation sites is 1. The third kappa shape index (κ3) is 3.74. The number of amides is 2. The molecule has 0 bridgehead atoms. The Bertz CT molecular complexity index is 549. The fourth-order valence-corrected chi connectivity index (χ4v) is 2.34. The van der Waals surface area contributed by atoms with Crippen molar-refractivity contribution in [1.82, 2.24) is 4.90 Å². The van der Waals surface area contributed by atoms with Crippen LogP contribution in [0.2, 0.25) is 0 Å². The van der Waals surface area contributed by atoms with Crippen LogP contribution in [0.1, 0.15) is 33.3 Å². The molecule has 1 aromatic carbocycles. The summed E-state index contributed by atoms with van der Waals surface area (Å²) >= 11 is 0. The van der Waals surface area contributed by atoms with Gasteiger partial charge < -0.3 is 14.5 Å². The Morgan fingerprint density at radius 2 is 1.81 bits per heavy atom. The van der Waals surface area contributed by atoms with Crippen LogP contribution in [-0.4, -0.2) is 35.6 Å². The SMILES string of the molecule is CC(=O)N1CCN(C(=O)OC(C)(C)C)Cc2ccccc21. The van der Waals surface area contributed by atoms with Crippen LogP contribution >= 0.6 is 0 Å². The number of carbonyl (C=O) groups is 2. The van der Waals surface area contributed by atoms with Crippen molar-refractivity contribution < 1.29 is 14.3 Å². The smallest absolute Gasteiger partial charge is 0.410 e. The van der Waals surface area contributed by atoms with Gasteiger partial charge in [-0.2, -0.15) is 0 Å². The van der Waals surface area contributed by atoms with E-state index < -0.39 is 5.60 Å². The lowest BCUT2D eigenvalue weighted by Crippen LogP contribution is -2.39. The average Bonchev–Trinajstić information content (AvgIpc) is 2.55. The first-order valence-electron chi connectivity index (χ1n) is 7.12. The number of benzene rings is 1. The molecular weight excluding hydrogens is 268 g/mol. The molecule has 0 spiro atoms. The second-order valence-corrected chi connectivity index (χ2v) is 6.20. The summed E-state index contributed by atoms with van der Waals surface area (Å²) in [6, 6.07) is 7.66. The fourth-order valence-electron chi connectivity index (χ4n) is 2.34. The van der Waals surface area contributed by atoms with E-state index >= 15 is 0 Å². The van der Waals surface area contributed by atoms with Gasteiger partial charge in [-0.05, 0) is 32.4 Å². The Kier molecular flexibility index (Phi) is 4.21. The highest BCUT2D eigenvalue weighted by Crippen LogP contribution is 2.25. The number of anilines is 1. The quantitative estimate of drug-likeness (QED) is 0.738. The van der Waals surface area contributed by atoms with Crippen molar-refractivity contribution in [3.05, 3.63) is 29.8 Å². The Morgan fingerprint density at radius 3 is 2.43 bits per heavy atom. The molecule has 2 amide bonds. The molecule has 0 fully saturated rings. The molecule has 0 aliphatic carbocycles. The van der Waals surface area contributed by atoms with Gasteiger partial charge in [0.25, 0.3) is 0 Å². The lowest BCUT2D eigenvalue weighted by atomic mass is 10.1. The summed E-state index contributed by atoms with van der Waals surface area (Å²) in [7, 11) is 0. The van der Waals surface area contributed by atoms with Gasteiger partial charge in [0.05, 0.1) is 6.54 Å². The first-order valence-corrected chi connectivity index (χ1v) is 7.12. The summed E-state index contributed by atoms with van der Waals surface area (Å²) in [5.41, 5.74) is 1.30. The fraction of sp³-hybridized carbons (Fsp3) is 0.500. The molecule has 1 heterocycles. The van der Waals surface area contributed by atoms with Gasteiger partial charge in [-0.1, -0.05) is 18.2 Å². The van der Waals surface area contributed by atoms with Crippen LogP contribution in [0.15, 0.2) is 24.3 Å². The number of nitrogens with zero attached hydrogens (tertiary/aromatic N) is 2. The topological polar surface area (TPSA) is 49.9 Å². The highest BCUT2D eigenvalue weighted by Gasteiger charge is 2.27. The molecule has 2 rings (SSSR count). The number of carbonyl (C=O) groups excluding carboxylic acids is 2. The largest absolute Gasteiger partial charge is 0.444 e. The van der Waals surface area contributed by atoms with Crippen LogP contribution in [0.5, 0.6) is 0 Å². The minimum absolute atomic E-state index is 0.0199. The average molecular weight is 290 g/mol. The van der Waals surface area contributed by atoms with E-state index in [4.69, 9.17) is 4.74 Å². The Hall–Kier alpha value is -2.04. The van der Waals surface area contributed by atoms with Crippen molar-refractivity contribution in [2.24, 2.45) is 0 Å². The second kappa shape index (κ2) is 5.76. The number of hydrogen-bond acceptors (Lipinski definition) is 3. The van der Waals surface area contributed by atoms with Crippen LogP contribution < -0.4 is 4.90 Å². The molecule has 5 heteroatoms. The number of fused-ring (bicyclic) bond motifs is 1. The number of rotatable bonds is 0. The number of hydrogen-bond donors (Lipinski definition) is 0. The van der Waals surface area contributed by atoms with Gasteiger partial charge in [0.1, 0.15) is 5.60 Å². The van der Waals surface area contributed by atoms with E-state index in [1.807, 2.05) is 45.0 Å². The van der Waals surface area contributed by atoms with Gasteiger partial charge in [0, 0.05) is 25.7 Å². The van der Waals surface area contributed by atoms with Crippen molar-refractivity contribution in [3.8, 4) is 0 Å². The van der Waals surface area contributed by atoms with E-state index in [0.29, 0.717) is 19.6 Å². The second-order valence-electron chi connectivity index (χ2n) is 6.20. The summed E-state index contributed by atoms with van der Waals surface area (Å²) in [6.45, 7) is 8.47. The zero-order valence-corrected chi connectivity index (χ0v) is 13.0. The lowest BCUT2D eigenvalue weighted by molar-refractivity contribution is -0.116. The molecule has 0 aromatic heterocycles. The van der Waals surface area contributed by atoms with Crippen molar-refractivity contribution in [1.29, 1.82) is 0 Å². The zero-order chi connectivity index (χ0) is 15.6. The molecule has 1 aromatic rings. The van der Waals surface area contributed by atoms with Gasteiger partial charge in [0.15, 0.2) is 0 Å². The molecule has 0 atom stereocenters. The maximum absolute atomic E-state index is 12.3. The van der Waals surface area contributed by atoms with Gasteiger partial charge >= 0.3 is 6.09 Å². The summed E-state index contributed by atoms with van der Waals surface area (Å²) in [5, 5.41) is 0. The van der Waals surface area contributed by atoms with E-state index in [2.05, 4.69) is 0 Å². The summed E-state index contributed by atoms with van der Waals surface area (Å²) in [4.78, 5) is 27.4. The Balaban J connectivity index is 2.25. The van der Waals surface area contributed by atoms with Gasteiger partial charge in [-0.25, -0.2) is 4.79 Å². The van der Waals surface area contributed by atoms with E-state index in [1.54, 1.807) is 16.7 Å². The zero-order valence-electron chi connectivity index (χ0n) is 13.0. The first kappa shape index (κ1) is 15.4. The van der Waals surface area contributed by atoms with Crippen molar-refractivity contribution in [2.45, 2.75) is 39.8 Å². The van der Waals surface area contributed by atoms with E-state index in [1.165, 1.54) is 0 Å². The molecule has 0 saturated heterocycles. The molecule has 114 valence electrons. The third-order valence-electron chi connectivity index (χ3n) is 3.27. The van der Waals surface area contributed by atoms with E-state index in [9.17, 15) is 9.59 Å². The first-order chi connectivity index (χ1) is 9.78. The van der Waals surface area contributed by atoms with Crippen LogP contribution in [-0.2, 0) is 16.1 Å². The van der Waals surface area contributed by atoms with Crippen molar-refractivity contribution >= 4 is 17.7 Å². The standard InChI is InChI=1S/C16H22N2O3/c1-12(19)18-10-9-17(15(20)21-16(2,3)4)11-13-7-5-6-8-14(13)18/h5-8H,9-11H2,1-4H3. The Morgan fingerprint density at radius 1 is 1.14 bits per heavy atom. The van der Waals surface area contributed by atoms with Crippen LogP contribution in [0.4, 0.5) is 10.5 Å². The molecule has 0 unspecified atom stereocenters. The summed E-state index contributed by atoms with van der Waals surface area (Å²) < 4.78 is 5.43. The van der Waals surface area contributed by atoms with Crippen molar-refractivity contribution in [3.63, 3.8) is 0 Å².